The van der Waals surface area contributed by atoms with Gasteiger partial charge in [-0.15, -0.1) is 11.3 Å². The third kappa shape index (κ3) is 6.33. The van der Waals surface area contributed by atoms with Crippen molar-refractivity contribution in [1.82, 2.24) is 20.6 Å². The van der Waals surface area contributed by atoms with Gasteiger partial charge in [-0.25, -0.2) is 9.37 Å². The SMILES string of the molecule is CC1=C(NC(=O)c2nccs2)CCC=C1c1ccc(C(N)=O)c2[nH]c(-c3ccccc3CNC3(COc4ccc(F)cc4)CO3)cc12. The number of hydrogen-bond acceptors (Lipinski definition) is 7. The molecule has 1 unspecified atom stereocenters. The number of rotatable bonds is 11. The van der Waals surface area contributed by atoms with E-state index in [1.165, 1.54) is 23.5 Å². The number of fused-ring (bicyclic) bond motifs is 1. The molecule has 1 saturated heterocycles. The predicted octanol–water partition coefficient (Wildman–Crippen LogP) is 6.31. The van der Waals surface area contributed by atoms with Gasteiger partial charge < -0.3 is 25.5 Å². The van der Waals surface area contributed by atoms with Crippen LogP contribution in [0.15, 0.2) is 95.7 Å². The van der Waals surface area contributed by atoms with E-state index in [0.29, 0.717) is 41.4 Å². The fraction of sp³-hybridized carbons (Fsp3) is 0.194. The minimum Gasteiger partial charge on any atom is -0.489 e. The average Bonchev–Trinajstić information content (AvgIpc) is 3.42. The molecular formula is C36H32FN5O4S. The molecule has 11 heteroatoms. The van der Waals surface area contributed by atoms with Crippen molar-refractivity contribution >= 4 is 39.6 Å². The zero-order valence-electron chi connectivity index (χ0n) is 25.6. The van der Waals surface area contributed by atoms with Crippen LogP contribution in [0.3, 0.4) is 0 Å². The number of nitrogens with two attached hydrogens (primary N) is 1. The van der Waals surface area contributed by atoms with E-state index in [-0.39, 0.29) is 18.3 Å². The number of nitrogens with one attached hydrogen (secondary N) is 3. The molecule has 5 N–H and O–H groups in total. The number of benzene rings is 3. The number of carbonyl (C=O) groups is 2. The van der Waals surface area contributed by atoms with Crippen LogP contribution in [-0.4, -0.2) is 40.7 Å². The second-order valence-corrected chi connectivity index (χ2v) is 12.5. The second-order valence-electron chi connectivity index (χ2n) is 11.6. The first-order chi connectivity index (χ1) is 22.8. The van der Waals surface area contributed by atoms with Crippen LogP contribution in [0.25, 0.3) is 27.7 Å². The molecule has 1 fully saturated rings. The maximum atomic E-state index is 13.3. The highest BCUT2D eigenvalue weighted by atomic mass is 32.1. The number of ether oxygens (including phenoxy) is 2. The molecule has 0 spiro atoms. The van der Waals surface area contributed by atoms with Crippen molar-refractivity contribution in [1.29, 1.82) is 0 Å². The van der Waals surface area contributed by atoms with Crippen LogP contribution in [0, 0.1) is 5.82 Å². The number of nitrogens with zero attached hydrogens (tertiary/aromatic N) is 1. The number of carbonyl (C=O) groups excluding carboxylic acids is 2. The molecule has 1 aliphatic heterocycles. The molecule has 3 aromatic carbocycles. The van der Waals surface area contributed by atoms with E-state index in [1.54, 1.807) is 29.8 Å². The van der Waals surface area contributed by atoms with Crippen molar-refractivity contribution in [3.05, 3.63) is 123 Å². The van der Waals surface area contributed by atoms with Crippen LogP contribution in [-0.2, 0) is 11.3 Å². The maximum Gasteiger partial charge on any atom is 0.284 e. The molecule has 1 aliphatic carbocycles. The molecule has 2 amide bonds. The van der Waals surface area contributed by atoms with Gasteiger partial charge in [0.05, 0.1) is 17.7 Å². The topological polar surface area (TPSA) is 135 Å². The van der Waals surface area contributed by atoms with Crippen molar-refractivity contribution in [2.75, 3.05) is 13.2 Å². The molecule has 5 aromatic rings. The average molecular weight is 650 g/mol. The van der Waals surface area contributed by atoms with Gasteiger partial charge in [-0.1, -0.05) is 36.4 Å². The number of H-pyrrole nitrogens is 1. The predicted molar refractivity (Wildman–Crippen MR) is 179 cm³/mol. The number of amides is 2. The summed E-state index contributed by atoms with van der Waals surface area (Å²) in [5.41, 5.74) is 12.8. The van der Waals surface area contributed by atoms with Crippen LogP contribution in [0.4, 0.5) is 4.39 Å². The number of thiazole rings is 1. The van der Waals surface area contributed by atoms with Gasteiger partial charge in [0, 0.05) is 40.5 Å². The zero-order valence-corrected chi connectivity index (χ0v) is 26.4. The van der Waals surface area contributed by atoms with Gasteiger partial charge in [0.1, 0.15) is 18.2 Å². The van der Waals surface area contributed by atoms with Crippen molar-refractivity contribution in [2.24, 2.45) is 5.73 Å². The van der Waals surface area contributed by atoms with Crippen LogP contribution in [0.1, 0.15) is 51.1 Å². The Bertz CT molecular complexity index is 2050. The van der Waals surface area contributed by atoms with Crippen LogP contribution >= 0.6 is 11.3 Å². The van der Waals surface area contributed by atoms with Gasteiger partial charge >= 0.3 is 0 Å². The highest BCUT2D eigenvalue weighted by Gasteiger charge is 2.45. The van der Waals surface area contributed by atoms with Crippen molar-refractivity contribution in [3.8, 4) is 17.0 Å². The van der Waals surface area contributed by atoms with Crippen molar-refractivity contribution < 1.29 is 23.5 Å². The molecule has 7 rings (SSSR count). The van der Waals surface area contributed by atoms with Gasteiger partial charge in [-0.05, 0) is 78.4 Å². The Morgan fingerprint density at radius 3 is 2.68 bits per heavy atom. The third-order valence-electron chi connectivity index (χ3n) is 8.53. The molecule has 9 nitrogen and oxygen atoms in total. The zero-order chi connectivity index (χ0) is 32.5. The van der Waals surface area contributed by atoms with Crippen molar-refractivity contribution in [3.63, 3.8) is 0 Å². The summed E-state index contributed by atoms with van der Waals surface area (Å²) < 4.78 is 24.9. The first kappa shape index (κ1) is 30.5. The summed E-state index contributed by atoms with van der Waals surface area (Å²) in [5, 5.41) is 9.59. The molecule has 2 aliphatic rings. The molecule has 3 heterocycles. The quantitative estimate of drug-likeness (QED) is 0.124. The summed E-state index contributed by atoms with van der Waals surface area (Å²) in [7, 11) is 0. The summed E-state index contributed by atoms with van der Waals surface area (Å²) in [4.78, 5) is 33.0. The van der Waals surface area contributed by atoms with Crippen LogP contribution < -0.4 is 21.1 Å². The number of aromatic amines is 1. The van der Waals surface area contributed by atoms with E-state index in [4.69, 9.17) is 15.2 Å². The Kier molecular flexibility index (Phi) is 8.19. The number of aromatic nitrogens is 2. The largest absolute Gasteiger partial charge is 0.489 e. The lowest BCUT2D eigenvalue weighted by Crippen LogP contribution is -2.38. The minimum atomic E-state index is -0.641. The lowest BCUT2D eigenvalue weighted by Gasteiger charge is -2.21. The standard InChI is InChI=1S/C36H32FN5O4S/c1-21-25(7-4-8-30(21)42-34(44)35-39-15-16-47-35)27-13-14-28(33(38)43)32-29(27)17-31(41-32)26-6-3-2-5-22(26)18-40-36(20-46-36)19-45-24-11-9-23(37)10-12-24/h2-3,5-7,9-17,40-41H,4,8,18-20H2,1H3,(H2,38,43)(H,42,44). The Hall–Kier alpha value is -5.10. The van der Waals surface area contributed by atoms with Gasteiger partial charge in [0.15, 0.2) is 10.7 Å². The van der Waals surface area contributed by atoms with E-state index in [9.17, 15) is 14.0 Å². The summed E-state index contributed by atoms with van der Waals surface area (Å²) >= 11 is 1.30. The van der Waals surface area contributed by atoms with Crippen LogP contribution in [0.5, 0.6) is 5.75 Å². The number of primary amides is 1. The van der Waals surface area contributed by atoms with E-state index < -0.39 is 11.6 Å². The van der Waals surface area contributed by atoms with Gasteiger partial charge in [0.2, 0.25) is 0 Å². The first-order valence-corrected chi connectivity index (χ1v) is 16.1. The van der Waals surface area contributed by atoms with E-state index in [1.807, 2.05) is 43.3 Å². The Labute approximate surface area is 274 Å². The normalized spacial score (nSPS) is 17.4. The Morgan fingerprint density at radius 1 is 1.13 bits per heavy atom. The molecular weight excluding hydrogens is 617 g/mol. The monoisotopic (exact) mass is 649 g/mol. The summed E-state index contributed by atoms with van der Waals surface area (Å²) in [6, 6.07) is 19.6. The fourth-order valence-corrected chi connectivity index (χ4v) is 6.44. The summed E-state index contributed by atoms with van der Waals surface area (Å²) in [6.45, 7) is 3.25. The smallest absolute Gasteiger partial charge is 0.284 e. The highest BCUT2D eigenvalue weighted by Crippen LogP contribution is 2.38. The van der Waals surface area contributed by atoms with Gasteiger partial charge in [-0.3, -0.25) is 14.9 Å². The molecule has 47 heavy (non-hydrogen) atoms. The first-order valence-electron chi connectivity index (χ1n) is 15.2. The Balaban J connectivity index is 1.17. The lowest BCUT2D eigenvalue weighted by atomic mass is 9.88. The summed E-state index contributed by atoms with van der Waals surface area (Å²) in [6.07, 6.45) is 5.23. The fourth-order valence-electron chi connectivity index (χ4n) is 5.91. The number of allylic oxidation sites excluding steroid dienone is 4. The molecule has 238 valence electrons. The molecule has 1 atom stereocenters. The number of halogens is 1. The van der Waals surface area contributed by atoms with Crippen LogP contribution in [0.2, 0.25) is 0 Å². The third-order valence-corrected chi connectivity index (χ3v) is 9.30. The molecule has 0 bridgehead atoms. The molecule has 0 saturated carbocycles. The maximum absolute atomic E-state index is 13.3. The highest BCUT2D eigenvalue weighted by molar-refractivity contribution is 7.11. The molecule has 0 radical (unpaired) electrons. The second kappa shape index (κ2) is 12.6. The number of epoxide rings is 1. The minimum absolute atomic E-state index is 0.223. The van der Waals surface area contributed by atoms with Crippen molar-refractivity contribution in [2.45, 2.75) is 32.0 Å². The van der Waals surface area contributed by atoms with Gasteiger partial charge in [-0.2, -0.15) is 0 Å². The Morgan fingerprint density at radius 2 is 1.94 bits per heavy atom. The van der Waals surface area contributed by atoms with E-state index >= 15 is 0 Å². The molecule has 2 aromatic heterocycles. The van der Waals surface area contributed by atoms with E-state index in [2.05, 4.69) is 26.7 Å². The van der Waals surface area contributed by atoms with E-state index in [0.717, 1.165) is 51.0 Å². The lowest BCUT2D eigenvalue weighted by molar-refractivity contribution is 0.0962. The summed E-state index contributed by atoms with van der Waals surface area (Å²) in [5.74, 6) is -0.506. The van der Waals surface area contributed by atoms with Gasteiger partial charge in [0.25, 0.3) is 11.8 Å². The number of hydrogen-bond donors (Lipinski definition) is 4.